The van der Waals surface area contributed by atoms with Crippen molar-refractivity contribution in [2.24, 2.45) is 0 Å². The van der Waals surface area contributed by atoms with Gasteiger partial charge in [-0.25, -0.2) is 4.98 Å². The fourth-order valence-electron chi connectivity index (χ4n) is 1.63. The van der Waals surface area contributed by atoms with Crippen LogP contribution in [0.1, 0.15) is 12.6 Å². The third-order valence-corrected chi connectivity index (χ3v) is 2.70. The van der Waals surface area contributed by atoms with Crippen molar-refractivity contribution < 1.29 is 0 Å². The van der Waals surface area contributed by atoms with Crippen molar-refractivity contribution in [3.05, 3.63) is 47.5 Å². The highest BCUT2D eigenvalue weighted by Gasteiger charge is 2.06. The Kier molecular flexibility index (Phi) is 3.47. The van der Waals surface area contributed by atoms with Gasteiger partial charge in [-0.15, -0.1) is 0 Å². The third kappa shape index (κ3) is 2.55. The first-order valence-electron chi connectivity index (χ1n) is 5.27. The average molecular weight is 236 g/mol. The molecule has 0 amide bonds. The summed E-state index contributed by atoms with van der Waals surface area (Å²) in [5, 5.41) is 0.762. The van der Waals surface area contributed by atoms with Crippen LogP contribution >= 0.6 is 11.6 Å². The van der Waals surface area contributed by atoms with Gasteiger partial charge in [-0.2, -0.15) is 0 Å². The van der Waals surface area contributed by atoms with Crippen LogP contribution in [0.5, 0.6) is 0 Å². The molecule has 0 unspecified atom stereocenters. The van der Waals surface area contributed by atoms with Crippen LogP contribution in [0.4, 0.5) is 5.69 Å². The average Bonchev–Trinajstić information content (AvgIpc) is 2.78. The Morgan fingerprint density at radius 1 is 1.44 bits per heavy atom. The van der Waals surface area contributed by atoms with Gasteiger partial charge >= 0.3 is 0 Å². The third-order valence-electron chi connectivity index (χ3n) is 2.46. The van der Waals surface area contributed by atoms with Gasteiger partial charge < -0.3 is 9.88 Å². The molecule has 3 nitrogen and oxygen atoms in total. The summed E-state index contributed by atoms with van der Waals surface area (Å²) in [5.74, 6) is 0. The van der Waals surface area contributed by atoms with Crippen LogP contribution in [0.15, 0.2) is 36.8 Å². The molecular formula is C12H14ClN3. The Bertz CT molecular complexity index is 439. The molecular weight excluding hydrogens is 222 g/mol. The van der Waals surface area contributed by atoms with Gasteiger partial charge in [0.25, 0.3) is 0 Å². The molecule has 4 heteroatoms. The fourth-order valence-corrected chi connectivity index (χ4v) is 1.82. The number of imidazole rings is 1. The molecule has 1 N–H and O–H groups in total. The number of benzene rings is 1. The zero-order chi connectivity index (χ0) is 11.4. The monoisotopic (exact) mass is 235 g/mol. The van der Waals surface area contributed by atoms with Crippen LogP contribution in [0.25, 0.3) is 0 Å². The molecule has 1 aromatic heterocycles. The highest BCUT2D eigenvalue weighted by Crippen LogP contribution is 2.20. The Balaban J connectivity index is 2.16. The number of aromatic amines is 1. The molecule has 2 rings (SSSR count). The molecule has 0 saturated heterocycles. The second-order valence-electron chi connectivity index (χ2n) is 3.55. The van der Waals surface area contributed by atoms with Gasteiger partial charge in [-0.3, -0.25) is 0 Å². The molecule has 0 fully saturated rings. The van der Waals surface area contributed by atoms with Crippen molar-refractivity contribution in [2.75, 3.05) is 11.4 Å². The molecule has 0 bridgehead atoms. The summed E-state index contributed by atoms with van der Waals surface area (Å²) in [6.45, 7) is 3.83. The van der Waals surface area contributed by atoms with Crippen molar-refractivity contribution in [1.29, 1.82) is 0 Å². The first kappa shape index (κ1) is 11.0. The Morgan fingerprint density at radius 3 is 2.94 bits per heavy atom. The maximum absolute atomic E-state index is 5.98. The van der Waals surface area contributed by atoms with Gasteiger partial charge in [0.05, 0.1) is 18.6 Å². The highest BCUT2D eigenvalue weighted by atomic mass is 35.5. The number of nitrogens with zero attached hydrogens (tertiary/aromatic N) is 2. The number of nitrogens with one attached hydrogen (secondary N) is 1. The Labute approximate surface area is 100 Å². The minimum absolute atomic E-state index is 0.762. The molecule has 0 spiro atoms. The van der Waals surface area contributed by atoms with Crippen molar-refractivity contribution >= 4 is 17.3 Å². The summed E-state index contributed by atoms with van der Waals surface area (Å²) in [6.07, 6.45) is 3.61. The van der Waals surface area contributed by atoms with Gasteiger partial charge in [-0.1, -0.05) is 17.7 Å². The Morgan fingerprint density at radius 2 is 2.31 bits per heavy atom. The lowest BCUT2D eigenvalue weighted by atomic mass is 10.2. The number of rotatable bonds is 4. The summed E-state index contributed by atoms with van der Waals surface area (Å²) in [5.41, 5.74) is 2.15. The predicted octanol–water partition coefficient (Wildman–Crippen LogP) is 3.09. The number of anilines is 1. The maximum atomic E-state index is 5.98. The van der Waals surface area contributed by atoms with E-state index in [2.05, 4.69) is 27.9 Å². The summed E-state index contributed by atoms with van der Waals surface area (Å²) < 4.78 is 0. The van der Waals surface area contributed by atoms with Gasteiger partial charge in [-0.05, 0) is 25.1 Å². The standard InChI is InChI=1S/C12H14ClN3/c1-2-16(8-11-7-14-9-15-11)12-5-3-4-10(13)6-12/h3-7,9H,2,8H2,1H3,(H,14,15). The maximum Gasteiger partial charge on any atom is 0.0923 e. The molecule has 1 heterocycles. The molecule has 0 aliphatic rings. The molecule has 0 aliphatic heterocycles. The van der Waals surface area contributed by atoms with Crippen LogP contribution < -0.4 is 4.90 Å². The van der Waals surface area contributed by atoms with Crippen LogP contribution in [-0.2, 0) is 6.54 Å². The molecule has 2 aromatic rings. The summed E-state index contributed by atoms with van der Waals surface area (Å²) in [7, 11) is 0. The lowest BCUT2D eigenvalue weighted by molar-refractivity contribution is 0.815. The lowest BCUT2D eigenvalue weighted by Crippen LogP contribution is -2.22. The van der Waals surface area contributed by atoms with E-state index < -0.39 is 0 Å². The van der Waals surface area contributed by atoms with Crippen molar-refractivity contribution in [3.8, 4) is 0 Å². The number of aromatic nitrogens is 2. The van der Waals surface area contributed by atoms with Crippen molar-refractivity contribution in [2.45, 2.75) is 13.5 Å². The molecule has 0 saturated carbocycles. The van der Waals surface area contributed by atoms with Crippen LogP contribution in [0, 0.1) is 0 Å². The van der Waals surface area contributed by atoms with E-state index in [0.29, 0.717) is 0 Å². The Hall–Kier alpha value is -1.48. The number of hydrogen-bond donors (Lipinski definition) is 1. The van der Waals surface area contributed by atoms with Crippen LogP contribution in [0.2, 0.25) is 5.02 Å². The first-order chi connectivity index (χ1) is 7.79. The van der Waals surface area contributed by atoms with E-state index in [1.165, 1.54) is 0 Å². The lowest BCUT2D eigenvalue weighted by Gasteiger charge is -2.22. The van der Waals surface area contributed by atoms with Gasteiger partial charge in [0, 0.05) is 23.5 Å². The van der Waals surface area contributed by atoms with E-state index in [0.717, 1.165) is 29.5 Å². The quantitative estimate of drug-likeness (QED) is 0.883. The second kappa shape index (κ2) is 5.03. The van der Waals surface area contributed by atoms with Gasteiger partial charge in [0.2, 0.25) is 0 Å². The van der Waals surface area contributed by atoms with E-state index >= 15 is 0 Å². The van der Waals surface area contributed by atoms with E-state index in [1.54, 1.807) is 6.33 Å². The SMILES string of the molecule is CCN(Cc1c[nH]cn1)c1cccc(Cl)c1. The highest BCUT2D eigenvalue weighted by molar-refractivity contribution is 6.30. The molecule has 16 heavy (non-hydrogen) atoms. The minimum atomic E-state index is 0.762. The summed E-state index contributed by atoms with van der Waals surface area (Å²) >= 11 is 5.98. The minimum Gasteiger partial charge on any atom is -0.366 e. The zero-order valence-electron chi connectivity index (χ0n) is 9.15. The van der Waals surface area contributed by atoms with Crippen molar-refractivity contribution in [1.82, 2.24) is 9.97 Å². The predicted molar refractivity (Wildman–Crippen MR) is 66.8 cm³/mol. The van der Waals surface area contributed by atoms with Crippen molar-refractivity contribution in [3.63, 3.8) is 0 Å². The normalized spacial score (nSPS) is 10.4. The number of H-pyrrole nitrogens is 1. The van der Waals surface area contributed by atoms with Crippen LogP contribution in [-0.4, -0.2) is 16.5 Å². The smallest absolute Gasteiger partial charge is 0.0923 e. The molecule has 0 atom stereocenters. The van der Waals surface area contributed by atoms with E-state index in [9.17, 15) is 0 Å². The van der Waals surface area contributed by atoms with E-state index in [1.807, 2.05) is 24.4 Å². The molecule has 0 radical (unpaired) electrons. The molecule has 1 aromatic carbocycles. The van der Waals surface area contributed by atoms with Crippen LogP contribution in [0.3, 0.4) is 0 Å². The zero-order valence-corrected chi connectivity index (χ0v) is 9.91. The summed E-state index contributed by atoms with van der Waals surface area (Å²) in [6, 6.07) is 7.87. The number of hydrogen-bond acceptors (Lipinski definition) is 2. The topological polar surface area (TPSA) is 31.9 Å². The largest absolute Gasteiger partial charge is 0.366 e. The van der Waals surface area contributed by atoms with E-state index in [4.69, 9.17) is 11.6 Å². The van der Waals surface area contributed by atoms with Gasteiger partial charge in [0.15, 0.2) is 0 Å². The summed E-state index contributed by atoms with van der Waals surface area (Å²) in [4.78, 5) is 9.40. The first-order valence-corrected chi connectivity index (χ1v) is 5.65. The number of halogens is 1. The second-order valence-corrected chi connectivity index (χ2v) is 3.99. The molecule has 84 valence electrons. The fraction of sp³-hybridized carbons (Fsp3) is 0.250. The molecule has 0 aliphatic carbocycles. The van der Waals surface area contributed by atoms with Gasteiger partial charge in [0.1, 0.15) is 0 Å². The van der Waals surface area contributed by atoms with E-state index in [-0.39, 0.29) is 0 Å².